The number of ether oxygens (including phenoxy) is 2. The maximum absolute atomic E-state index is 11.2. The summed E-state index contributed by atoms with van der Waals surface area (Å²) >= 11 is 0. The van der Waals surface area contributed by atoms with Crippen LogP contribution in [0.1, 0.15) is 5.56 Å². The topological polar surface area (TPSA) is 67.8 Å². The van der Waals surface area contributed by atoms with Gasteiger partial charge >= 0.3 is 0 Å². The van der Waals surface area contributed by atoms with Crippen molar-refractivity contribution >= 4 is 12.0 Å². The van der Waals surface area contributed by atoms with Crippen LogP contribution in [0.25, 0.3) is 6.08 Å². The zero-order valence-electron chi connectivity index (χ0n) is 9.18. The lowest BCUT2D eigenvalue weighted by Gasteiger charge is -1.99. The minimum atomic E-state index is -0.239. The average Bonchev–Trinajstić information content (AvgIpc) is 2.81. The van der Waals surface area contributed by atoms with Gasteiger partial charge in [0.15, 0.2) is 11.5 Å². The molecule has 0 radical (unpaired) electrons. The number of amides is 1. The number of carbonyl (C=O) groups is 1. The standard InChI is InChI=1S/C12H13NO4/c14-6-5-13-12(15)4-2-9-1-3-10-11(7-9)17-8-16-10/h1-4,7,14H,5-6,8H2,(H,13,15)/b4-2+. The van der Waals surface area contributed by atoms with E-state index in [2.05, 4.69) is 5.32 Å². The minimum Gasteiger partial charge on any atom is -0.454 e. The van der Waals surface area contributed by atoms with E-state index in [0.717, 1.165) is 5.56 Å². The van der Waals surface area contributed by atoms with Crippen molar-refractivity contribution in [1.82, 2.24) is 5.32 Å². The zero-order valence-corrected chi connectivity index (χ0v) is 9.18. The van der Waals surface area contributed by atoms with Gasteiger partial charge in [-0.25, -0.2) is 0 Å². The Morgan fingerprint density at radius 3 is 3.06 bits per heavy atom. The van der Waals surface area contributed by atoms with Crippen LogP contribution in [0.3, 0.4) is 0 Å². The normalized spacial score (nSPS) is 13.0. The molecule has 1 aliphatic rings. The number of carbonyl (C=O) groups excluding carboxylic acids is 1. The number of rotatable bonds is 4. The van der Waals surface area contributed by atoms with Gasteiger partial charge in [0.25, 0.3) is 0 Å². The molecule has 17 heavy (non-hydrogen) atoms. The van der Waals surface area contributed by atoms with Crippen LogP contribution in [0.4, 0.5) is 0 Å². The van der Waals surface area contributed by atoms with Crippen molar-refractivity contribution in [3.05, 3.63) is 29.8 Å². The number of nitrogens with one attached hydrogen (secondary N) is 1. The molecule has 2 rings (SSSR count). The van der Waals surface area contributed by atoms with Gasteiger partial charge in [0.1, 0.15) is 0 Å². The molecule has 0 aromatic heterocycles. The predicted molar refractivity (Wildman–Crippen MR) is 61.7 cm³/mol. The molecule has 1 amide bonds. The van der Waals surface area contributed by atoms with Crippen molar-refractivity contribution in [2.75, 3.05) is 19.9 Å². The summed E-state index contributed by atoms with van der Waals surface area (Å²) in [4.78, 5) is 11.2. The van der Waals surface area contributed by atoms with Crippen LogP contribution in [0, 0.1) is 0 Å². The summed E-state index contributed by atoms with van der Waals surface area (Å²) in [6, 6.07) is 5.44. The van der Waals surface area contributed by atoms with Crippen LogP contribution in [0.5, 0.6) is 11.5 Å². The summed E-state index contributed by atoms with van der Waals surface area (Å²) in [6.07, 6.45) is 3.09. The fraction of sp³-hybridized carbons (Fsp3) is 0.250. The van der Waals surface area contributed by atoms with E-state index in [1.165, 1.54) is 6.08 Å². The van der Waals surface area contributed by atoms with Crippen molar-refractivity contribution in [2.45, 2.75) is 0 Å². The minimum absolute atomic E-state index is 0.0659. The molecule has 0 aliphatic carbocycles. The van der Waals surface area contributed by atoms with E-state index < -0.39 is 0 Å². The smallest absolute Gasteiger partial charge is 0.244 e. The molecule has 1 aromatic rings. The molecule has 0 fully saturated rings. The van der Waals surface area contributed by atoms with Gasteiger partial charge < -0.3 is 19.9 Å². The van der Waals surface area contributed by atoms with Crippen LogP contribution in [0.2, 0.25) is 0 Å². The molecule has 1 aliphatic heterocycles. The Bertz CT molecular complexity index is 442. The summed E-state index contributed by atoms with van der Waals surface area (Å²) in [7, 11) is 0. The maximum atomic E-state index is 11.2. The molecule has 0 unspecified atom stereocenters. The second kappa shape index (κ2) is 5.36. The van der Waals surface area contributed by atoms with E-state index in [1.807, 2.05) is 6.07 Å². The highest BCUT2D eigenvalue weighted by molar-refractivity contribution is 5.91. The molecule has 90 valence electrons. The Balaban J connectivity index is 1.99. The quantitative estimate of drug-likeness (QED) is 0.747. The molecular formula is C12H13NO4. The van der Waals surface area contributed by atoms with Gasteiger partial charge in [-0.3, -0.25) is 4.79 Å². The highest BCUT2D eigenvalue weighted by Crippen LogP contribution is 2.32. The van der Waals surface area contributed by atoms with Crippen molar-refractivity contribution in [2.24, 2.45) is 0 Å². The Kier molecular flexibility index (Phi) is 3.62. The summed E-state index contributed by atoms with van der Waals surface area (Å²) in [6.45, 7) is 0.424. The van der Waals surface area contributed by atoms with Crippen molar-refractivity contribution in [3.8, 4) is 11.5 Å². The lowest BCUT2D eigenvalue weighted by atomic mass is 10.2. The molecule has 5 heteroatoms. The second-order valence-electron chi connectivity index (χ2n) is 3.46. The first kappa shape index (κ1) is 11.5. The SMILES string of the molecule is O=C(/C=C/c1ccc2c(c1)OCO2)NCCO. The Hall–Kier alpha value is -2.01. The molecule has 1 heterocycles. The molecule has 0 saturated carbocycles. The van der Waals surface area contributed by atoms with E-state index >= 15 is 0 Å². The summed E-state index contributed by atoms with van der Waals surface area (Å²) in [5, 5.41) is 11.1. The Labute approximate surface area is 98.7 Å². The van der Waals surface area contributed by atoms with Gasteiger partial charge in [-0.1, -0.05) is 6.07 Å². The lowest BCUT2D eigenvalue weighted by Crippen LogP contribution is -2.24. The largest absolute Gasteiger partial charge is 0.454 e. The highest BCUT2D eigenvalue weighted by Gasteiger charge is 2.12. The Morgan fingerprint density at radius 1 is 1.41 bits per heavy atom. The lowest BCUT2D eigenvalue weighted by molar-refractivity contribution is -0.116. The summed E-state index contributed by atoms with van der Waals surface area (Å²) in [5.41, 5.74) is 0.855. The van der Waals surface area contributed by atoms with Gasteiger partial charge in [0.2, 0.25) is 12.7 Å². The molecule has 1 aromatic carbocycles. The van der Waals surface area contributed by atoms with Crippen molar-refractivity contribution in [1.29, 1.82) is 0 Å². The molecule has 2 N–H and O–H groups in total. The molecule has 0 bridgehead atoms. The number of hydrogen-bond acceptors (Lipinski definition) is 4. The molecule has 0 spiro atoms. The first-order valence-electron chi connectivity index (χ1n) is 5.26. The van der Waals surface area contributed by atoms with Crippen molar-refractivity contribution < 1.29 is 19.4 Å². The van der Waals surface area contributed by atoms with Gasteiger partial charge in [-0.15, -0.1) is 0 Å². The van der Waals surface area contributed by atoms with E-state index in [4.69, 9.17) is 14.6 Å². The first-order valence-corrected chi connectivity index (χ1v) is 5.26. The van der Waals surface area contributed by atoms with Crippen LogP contribution in [-0.2, 0) is 4.79 Å². The van der Waals surface area contributed by atoms with Crippen LogP contribution < -0.4 is 14.8 Å². The van der Waals surface area contributed by atoms with Gasteiger partial charge in [-0.05, 0) is 23.8 Å². The Morgan fingerprint density at radius 2 is 2.24 bits per heavy atom. The van der Waals surface area contributed by atoms with E-state index in [-0.39, 0.29) is 25.9 Å². The number of aliphatic hydroxyl groups is 1. The number of benzene rings is 1. The molecular weight excluding hydrogens is 222 g/mol. The number of hydrogen-bond donors (Lipinski definition) is 2. The third kappa shape index (κ3) is 2.98. The van der Waals surface area contributed by atoms with Crippen LogP contribution in [0.15, 0.2) is 24.3 Å². The number of aliphatic hydroxyl groups excluding tert-OH is 1. The predicted octanol–water partition coefficient (Wildman–Crippen LogP) is 0.537. The van der Waals surface area contributed by atoms with E-state index in [9.17, 15) is 4.79 Å². The zero-order chi connectivity index (χ0) is 12.1. The third-order valence-electron chi connectivity index (χ3n) is 2.23. The monoisotopic (exact) mass is 235 g/mol. The van der Waals surface area contributed by atoms with E-state index in [1.54, 1.807) is 18.2 Å². The van der Waals surface area contributed by atoms with Crippen LogP contribution >= 0.6 is 0 Å². The molecule has 5 nitrogen and oxygen atoms in total. The molecule has 0 atom stereocenters. The molecule has 0 saturated heterocycles. The highest BCUT2D eigenvalue weighted by atomic mass is 16.7. The van der Waals surface area contributed by atoms with Crippen LogP contribution in [-0.4, -0.2) is 31.0 Å². The third-order valence-corrected chi connectivity index (χ3v) is 2.23. The van der Waals surface area contributed by atoms with Gasteiger partial charge in [0.05, 0.1) is 6.61 Å². The van der Waals surface area contributed by atoms with E-state index in [0.29, 0.717) is 11.5 Å². The fourth-order valence-corrected chi connectivity index (χ4v) is 1.43. The average molecular weight is 235 g/mol. The number of fused-ring (bicyclic) bond motifs is 1. The second-order valence-corrected chi connectivity index (χ2v) is 3.46. The van der Waals surface area contributed by atoms with Crippen molar-refractivity contribution in [3.63, 3.8) is 0 Å². The van der Waals surface area contributed by atoms with Gasteiger partial charge in [0, 0.05) is 12.6 Å². The summed E-state index contributed by atoms with van der Waals surface area (Å²) < 4.78 is 10.4. The fourth-order valence-electron chi connectivity index (χ4n) is 1.43. The summed E-state index contributed by atoms with van der Waals surface area (Å²) in [5.74, 6) is 1.16. The first-order chi connectivity index (χ1) is 8.29. The maximum Gasteiger partial charge on any atom is 0.244 e. The van der Waals surface area contributed by atoms with Gasteiger partial charge in [-0.2, -0.15) is 0 Å².